The van der Waals surface area contributed by atoms with Crippen molar-refractivity contribution >= 4 is 33.3 Å². The van der Waals surface area contributed by atoms with Gasteiger partial charge in [-0.25, -0.2) is 13.4 Å². The van der Waals surface area contributed by atoms with Gasteiger partial charge in [-0.3, -0.25) is 9.59 Å². The van der Waals surface area contributed by atoms with Crippen LogP contribution in [-0.2, 0) is 14.8 Å². The fraction of sp³-hybridized carbons (Fsp3) is 0.409. The van der Waals surface area contributed by atoms with Gasteiger partial charge >= 0.3 is 0 Å². The number of hydrogen-bond donors (Lipinski definition) is 2. The van der Waals surface area contributed by atoms with Gasteiger partial charge in [-0.2, -0.15) is 4.31 Å². The molecule has 3 rings (SSSR count). The van der Waals surface area contributed by atoms with Crippen LogP contribution >= 0.6 is 0 Å². The number of piperidine rings is 1. The molecule has 32 heavy (non-hydrogen) atoms. The molecule has 172 valence electrons. The topological polar surface area (TPSA) is 126 Å². The van der Waals surface area contributed by atoms with E-state index in [0.29, 0.717) is 31.1 Å². The van der Waals surface area contributed by atoms with Crippen LogP contribution in [0.2, 0.25) is 0 Å². The number of nitrogens with zero attached hydrogens (tertiary/aromatic N) is 3. The van der Waals surface area contributed by atoms with Gasteiger partial charge in [-0.1, -0.05) is 19.9 Å². The number of anilines is 2. The van der Waals surface area contributed by atoms with E-state index >= 15 is 0 Å². The third-order valence-corrected chi connectivity index (χ3v) is 7.64. The molecule has 2 heterocycles. The van der Waals surface area contributed by atoms with Crippen molar-refractivity contribution in [2.75, 3.05) is 36.4 Å². The van der Waals surface area contributed by atoms with Gasteiger partial charge in [0.15, 0.2) is 0 Å². The number of amides is 2. The summed E-state index contributed by atoms with van der Waals surface area (Å²) in [6.45, 7) is 5.56. The molecule has 2 aromatic rings. The number of rotatable bonds is 8. The highest BCUT2D eigenvalue weighted by Gasteiger charge is 2.25. The van der Waals surface area contributed by atoms with Gasteiger partial charge in [0.25, 0.3) is 5.91 Å². The molecule has 1 saturated heterocycles. The van der Waals surface area contributed by atoms with Crippen molar-refractivity contribution in [3.8, 4) is 0 Å². The van der Waals surface area contributed by atoms with E-state index in [2.05, 4.69) is 10.3 Å². The van der Waals surface area contributed by atoms with Gasteiger partial charge in [0.1, 0.15) is 5.82 Å². The van der Waals surface area contributed by atoms with E-state index in [0.717, 1.165) is 19.4 Å². The van der Waals surface area contributed by atoms with Gasteiger partial charge in [-0.15, -0.1) is 0 Å². The van der Waals surface area contributed by atoms with Crippen molar-refractivity contribution < 1.29 is 18.0 Å². The first-order valence-electron chi connectivity index (χ1n) is 10.7. The molecule has 1 aliphatic heterocycles. The molecule has 1 unspecified atom stereocenters. The van der Waals surface area contributed by atoms with E-state index in [1.807, 2.05) is 4.90 Å². The van der Waals surface area contributed by atoms with Crippen LogP contribution in [0.4, 0.5) is 11.5 Å². The van der Waals surface area contributed by atoms with Crippen molar-refractivity contribution in [1.82, 2.24) is 9.29 Å². The summed E-state index contributed by atoms with van der Waals surface area (Å²) in [4.78, 5) is 30.7. The highest BCUT2D eigenvalue weighted by molar-refractivity contribution is 7.89. The SMILES string of the molecule is CCN(CC)S(=O)(=O)c1cccc(C(=O)Nc2ccc(N3CCCC(C(N)=O)C3)nc2)c1. The minimum absolute atomic E-state index is 0.0800. The van der Waals surface area contributed by atoms with Gasteiger partial charge < -0.3 is 16.0 Å². The Bertz CT molecular complexity index is 1070. The molecule has 3 N–H and O–H groups in total. The lowest BCUT2D eigenvalue weighted by molar-refractivity contribution is -0.122. The molecule has 1 fully saturated rings. The Morgan fingerprint density at radius 2 is 1.97 bits per heavy atom. The van der Waals surface area contributed by atoms with Crippen molar-refractivity contribution in [2.45, 2.75) is 31.6 Å². The zero-order valence-corrected chi connectivity index (χ0v) is 19.1. The Balaban J connectivity index is 1.71. The van der Waals surface area contributed by atoms with E-state index in [4.69, 9.17) is 5.73 Å². The maximum Gasteiger partial charge on any atom is 0.255 e. The molecule has 9 nitrogen and oxygen atoms in total. The van der Waals surface area contributed by atoms with Crippen molar-refractivity contribution in [3.63, 3.8) is 0 Å². The molecule has 0 bridgehead atoms. The second kappa shape index (κ2) is 10.1. The zero-order chi connectivity index (χ0) is 23.3. The first kappa shape index (κ1) is 23.7. The predicted octanol–water partition coefficient (Wildman–Crippen LogP) is 2.07. The predicted molar refractivity (Wildman–Crippen MR) is 123 cm³/mol. The molecule has 2 amide bonds. The van der Waals surface area contributed by atoms with E-state index < -0.39 is 15.9 Å². The van der Waals surface area contributed by atoms with Crippen LogP contribution in [-0.4, -0.2) is 55.7 Å². The number of hydrogen-bond acceptors (Lipinski definition) is 6. The number of primary amides is 1. The van der Waals surface area contributed by atoms with Crippen LogP contribution in [0.1, 0.15) is 37.0 Å². The molecule has 0 saturated carbocycles. The third-order valence-electron chi connectivity index (χ3n) is 5.59. The smallest absolute Gasteiger partial charge is 0.255 e. The monoisotopic (exact) mass is 459 g/mol. The van der Waals surface area contributed by atoms with Gasteiger partial charge in [0.2, 0.25) is 15.9 Å². The third kappa shape index (κ3) is 5.25. The van der Waals surface area contributed by atoms with Crippen LogP contribution in [0.3, 0.4) is 0 Å². The molecule has 1 aliphatic rings. The number of carbonyl (C=O) groups is 2. The fourth-order valence-corrected chi connectivity index (χ4v) is 5.28. The van der Waals surface area contributed by atoms with Crippen LogP contribution in [0, 0.1) is 5.92 Å². The number of nitrogens with one attached hydrogen (secondary N) is 1. The maximum absolute atomic E-state index is 12.7. The lowest BCUT2D eigenvalue weighted by atomic mass is 9.97. The lowest BCUT2D eigenvalue weighted by Gasteiger charge is -2.32. The largest absolute Gasteiger partial charge is 0.369 e. The summed E-state index contributed by atoms with van der Waals surface area (Å²) in [6, 6.07) is 9.49. The summed E-state index contributed by atoms with van der Waals surface area (Å²) >= 11 is 0. The molecule has 10 heteroatoms. The van der Waals surface area contributed by atoms with E-state index in [1.165, 1.54) is 22.6 Å². The molecule has 0 radical (unpaired) electrons. The number of sulfonamides is 1. The fourth-order valence-electron chi connectivity index (χ4n) is 3.78. The Morgan fingerprint density at radius 1 is 1.22 bits per heavy atom. The standard InChI is InChI=1S/C22H29N5O4S/c1-3-27(4-2)32(30,31)19-9-5-7-16(13-19)22(29)25-18-10-11-20(24-14-18)26-12-6-8-17(15-26)21(23)28/h5,7,9-11,13-14,17H,3-4,6,8,12,15H2,1-2H3,(H2,23,28)(H,25,29). The Labute approximate surface area is 188 Å². The summed E-state index contributed by atoms with van der Waals surface area (Å²) in [5, 5.41) is 2.75. The molecular formula is C22H29N5O4S. The summed E-state index contributed by atoms with van der Waals surface area (Å²) in [6.07, 6.45) is 3.18. The van der Waals surface area contributed by atoms with Crippen LogP contribution in [0.15, 0.2) is 47.5 Å². The van der Waals surface area contributed by atoms with Crippen LogP contribution in [0.25, 0.3) is 0 Å². The van der Waals surface area contributed by atoms with Gasteiger partial charge in [0, 0.05) is 31.7 Å². The van der Waals surface area contributed by atoms with Crippen LogP contribution in [0.5, 0.6) is 0 Å². The number of pyridine rings is 1. The highest BCUT2D eigenvalue weighted by Crippen LogP contribution is 2.23. The molecule has 0 aliphatic carbocycles. The van der Waals surface area contributed by atoms with Crippen molar-refractivity contribution in [2.24, 2.45) is 11.7 Å². The van der Waals surface area contributed by atoms with E-state index in [9.17, 15) is 18.0 Å². The lowest BCUT2D eigenvalue weighted by Crippen LogP contribution is -2.41. The summed E-state index contributed by atoms with van der Waals surface area (Å²) in [7, 11) is -3.66. The molecular weight excluding hydrogens is 430 g/mol. The second-order valence-electron chi connectivity index (χ2n) is 7.66. The molecule has 1 aromatic heterocycles. The average molecular weight is 460 g/mol. The van der Waals surface area contributed by atoms with E-state index in [-0.39, 0.29) is 22.3 Å². The first-order valence-corrected chi connectivity index (χ1v) is 12.1. The summed E-state index contributed by atoms with van der Waals surface area (Å²) in [5.41, 5.74) is 6.16. The summed E-state index contributed by atoms with van der Waals surface area (Å²) in [5.74, 6) is -0.210. The Morgan fingerprint density at radius 3 is 2.59 bits per heavy atom. The second-order valence-corrected chi connectivity index (χ2v) is 9.60. The highest BCUT2D eigenvalue weighted by atomic mass is 32.2. The number of carbonyl (C=O) groups excluding carboxylic acids is 2. The number of aromatic nitrogens is 1. The Kier molecular flexibility index (Phi) is 7.47. The molecule has 1 aromatic carbocycles. The minimum Gasteiger partial charge on any atom is -0.369 e. The van der Waals surface area contributed by atoms with Gasteiger partial charge in [0.05, 0.1) is 22.7 Å². The van der Waals surface area contributed by atoms with Crippen LogP contribution < -0.4 is 16.0 Å². The van der Waals surface area contributed by atoms with Gasteiger partial charge in [-0.05, 0) is 43.2 Å². The minimum atomic E-state index is -3.66. The number of nitrogens with two attached hydrogens (primary N) is 1. The zero-order valence-electron chi connectivity index (χ0n) is 18.3. The molecule has 0 spiro atoms. The normalized spacial score (nSPS) is 16.7. The average Bonchev–Trinajstić information content (AvgIpc) is 2.80. The van der Waals surface area contributed by atoms with E-state index in [1.54, 1.807) is 38.1 Å². The van der Waals surface area contributed by atoms with Crippen molar-refractivity contribution in [1.29, 1.82) is 0 Å². The number of benzene rings is 1. The maximum atomic E-state index is 12.7. The Hall–Kier alpha value is -2.98. The summed E-state index contributed by atoms with van der Waals surface area (Å²) < 4.78 is 26.8. The quantitative estimate of drug-likeness (QED) is 0.622. The first-order chi connectivity index (χ1) is 15.3. The molecule has 1 atom stereocenters. The van der Waals surface area contributed by atoms with Crippen molar-refractivity contribution in [3.05, 3.63) is 48.2 Å².